The molecule has 4 aliphatic rings. The molecular formula is C34H31NO7. The van der Waals surface area contributed by atoms with E-state index in [9.17, 15) is 29.4 Å². The van der Waals surface area contributed by atoms with Crippen LogP contribution < -0.4 is 4.74 Å². The first-order valence-corrected chi connectivity index (χ1v) is 14.1. The van der Waals surface area contributed by atoms with Crippen LogP contribution in [-0.4, -0.2) is 52.1 Å². The molecule has 0 spiro atoms. The Hall–Kier alpha value is -4.72. The van der Waals surface area contributed by atoms with Crippen molar-refractivity contribution in [3.8, 4) is 17.2 Å². The summed E-state index contributed by atoms with van der Waals surface area (Å²) in [5.41, 5.74) is 3.73. The van der Waals surface area contributed by atoms with E-state index in [2.05, 4.69) is 0 Å². The average Bonchev–Trinajstić information content (AvgIpc) is 3.23. The first-order chi connectivity index (χ1) is 20.2. The molecule has 2 amide bonds. The fraction of sp³-hybridized carbons (Fsp3) is 0.294. The Morgan fingerprint density at radius 2 is 1.76 bits per heavy atom. The van der Waals surface area contributed by atoms with E-state index in [1.165, 1.54) is 24.2 Å². The van der Waals surface area contributed by atoms with Gasteiger partial charge in [0.15, 0.2) is 23.1 Å². The van der Waals surface area contributed by atoms with Crippen LogP contribution in [-0.2, 0) is 25.6 Å². The normalized spacial score (nSPS) is 25.3. The van der Waals surface area contributed by atoms with Gasteiger partial charge in [-0.05, 0) is 73.6 Å². The molecule has 6 rings (SSSR count). The fourth-order valence-corrected chi connectivity index (χ4v) is 6.85. The summed E-state index contributed by atoms with van der Waals surface area (Å²) < 4.78 is 5.23. The van der Waals surface area contributed by atoms with Gasteiger partial charge < -0.3 is 14.9 Å². The quantitative estimate of drug-likeness (QED) is 0.304. The Bertz CT molecular complexity index is 1640. The number of hydrogen-bond acceptors (Lipinski definition) is 7. The number of carbonyl (C=O) groups is 4. The van der Waals surface area contributed by atoms with Gasteiger partial charge in [-0.1, -0.05) is 42.0 Å². The van der Waals surface area contributed by atoms with E-state index in [1.807, 2.05) is 18.2 Å². The first kappa shape index (κ1) is 27.4. The highest BCUT2D eigenvalue weighted by atomic mass is 16.5. The van der Waals surface area contributed by atoms with Crippen molar-refractivity contribution in [2.45, 2.75) is 26.2 Å². The lowest BCUT2D eigenvalue weighted by Gasteiger charge is -2.41. The third-order valence-electron chi connectivity index (χ3n) is 8.95. The van der Waals surface area contributed by atoms with Crippen molar-refractivity contribution in [3.63, 3.8) is 0 Å². The van der Waals surface area contributed by atoms with E-state index in [0.717, 1.165) is 16.7 Å². The SMILES string of the molecule is COc1cc(C=C[C@H]2C3=CC[C@@H]4C(=O)N(CCc5ccc(O)cc5)C(=O)[C@@H]4[C@@H]3CC3=C2C(=O)C=C(C)C3=O)ccc1O. The van der Waals surface area contributed by atoms with Crippen LogP contribution >= 0.6 is 0 Å². The largest absolute Gasteiger partial charge is 0.508 e. The molecule has 0 bridgehead atoms. The number of phenolic OH excluding ortho intramolecular Hbond substituents is 2. The number of hydrogen-bond donors (Lipinski definition) is 2. The van der Waals surface area contributed by atoms with Gasteiger partial charge in [0, 0.05) is 29.2 Å². The Morgan fingerprint density at radius 3 is 2.50 bits per heavy atom. The average molecular weight is 566 g/mol. The van der Waals surface area contributed by atoms with Crippen molar-refractivity contribution in [1.82, 2.24) is 4.90 Å². The zero-order chi connectivity index (χ0) is 29.7. The summed E-state index contributed by atoms with van der Waals surface area (Å²) in [6.45, 7) is 1.86. The molecular weight excluding hydrogens is 534 g/mol. The van der Waals surface area contributed by atoms with Crippen LogP contribution in [0.5, 0.6) is 17.2 Å². The predicted octanol–water partition coefficient (Wildman–Crippen LogP) is 4.32. The molecule has 0 unspecified atom stereocenters. The third-order valence-corrected chi connectivity index (χ3v) is 8.95. The van der Waals surface area contributed by atoms with E-state index >= 15 is 0 Å². The minimum absolute atomic E-state index is 0.00597. The number of carbonyl (C=O) groups excluding carboxylic acids is 4. The van der Waals surface area contributed by atoms with E-state index in [1.54, 1.807) is 43.3 Å². The van der Waals surface area contributed by atoms with Gasteiger partial charge in [0.05, 0.1) is 18.9 Å². The lowest BCUT2D eigenvalue weighted by Crippen LogP contribution is -2.40. The molecule has 2 N–H and O–H groups in total. The van der Waals surface area contributed by atoms with Crippen LogP contribution in [0.1, 0.15) is 30.9 Å². The monoisotopic (exact) mass is 565 g/mol. The Labute approximate surface area is 243 Å². The van der Waals surface area contributed by atoms with Gasteiger partial charge in [-0.2, -0.15) is 0 Å². The number of phenols is 2. The molecule has 0 radical (unpaired) electrons. The molecule has 4 atom stereocenters. The second-order valence-corrected chi connectivity index (χ2v) is 11.3. The summed E-state index contributed by atoms with van der Waals surface area (Å²) >= 11 is 0. The molecule has 8 nitrogen and oxygen atoms in total. The van der Waals surface area contributed by atoms with Gasteiger partial charge in [0.2, 0.25) is 11.8 Å². The number of ketones is 2. The predicted molar refractivity (Wildman–Crippen MR) is 154 cm³/mol. The van der Waals surface area contributed by atoms with E-state index in [0.29, 0.717) is 35.3 Å². The number of amides is 2. The minimum Gasteiger partial charge on any atom is -0.508 e. The number of Topliss-reactive ketones (excluding diaryl/α,β-unsaturated/α-hetero) is 1. The second kappa shape index (κ2) is 10.6. The number of ether oxygens (including phenoxy) is 1. The molecule has 1 heterocycles. The smallest absolute Gasteiger partial charge is 0.233 e. The van der Waals surface area contributed by atoms with E-state index in [-0.39, 0.29) is 53.8 Å². The minimum atomic E-state index is -0.606. The van der Waals surface area contributed by atoms with Crippen molar-refractivity contribution < 1.29 is 34.1 Å². The number of imide groups is 1. The second-order valence-electron chi connectivity index (χ2n) is 11.3. The summed E-state index contributed by atoms with van der Waals surface area (Å²) in [5.74, 6) is -2.43. The van der Waals surface area contributed by atoms with Gasteiger partial charge in [-0.25, -0.2) is 0 Å². The number of benzene rings is 2. The molecule has 1 aliphatic heterocycles. The molecule has 214 valence electrons. The van der Waals surface area contributed by atoms with Crippen molar-refractivity contribution in [3.05, 3.63) is 94.1 Å². The highest BCUT2D eigenvalue weighted by Gasteiger charge is 2.55. The number of rotatable bonds is 6. The van der Waals surface area contributed by atoms with Crippen LogP contribution in [0.3, 0.4) is 0 Å². The zero-order valence-electron chi connectivity index (χ0n) is 23.4. The van der Waals surface area contributed by atoms with E-state index < -0.39 is 17.8 Å². The molecule has 0 saturated carbocycles. The van der Waals surface area contributed by atoms with Crippen molar-refractivity contribution in [2.75, 3.05) is 13.7 Å². The molecule has 0 aromatic heterocycles. The zero-order valence-corrected chi connectivity index (χ0v) is 23.4. The highest BCUT2D eigenvalue weighted by molar-refractivity contribution is 6.23. The number of aromatic hydroxyl groups is 2. The maximum atomic E-state index is 13.8. The number of likely N-dealkylation sites (tertiary alicyclic amines) is 1. The molecule has 42 heavy (non-hydrogen) atoms. The van der Waals surface area contributed by atoms with Crippen molar-refractivity contribution in [2.24, 2.45) is 23.7 Å². The molecule has 2 aromatic carbocycles. The van der Waals surface area contributed by atoms with Gasteiger partial charge in [-0.15, -0.1) is 0 Å². The molecule has 1 fully saturated rings. The van der Waals surface area contributed by atoms with Crippen LogP contribution in [0.15, 0.2) is 83.0 Å². The summed E-state index contributed by atoms with van der Waals surface area (Å²) in [4.78, 5) is 55.3. The number of fused-ring (bicyclic) bond motifs is 3. The Balaban J connectivity index is 1.34. The lowest BCUT2D eigenvalue weighted by molar-refractivity contribution is -0.140. The van der Waals surface area contributed by atoms with Gasteiger partial charge >= 0.3 is 0 Å². The van der Waals surface area contributed by atoms with E-state index in [4.69, 9.17) is 4.74 Å². The summed E-state index contributed by atoms with van der Waals surface area (Å²) in [7, 11) is 1.46. The topological polar surface area (TPSA) is 121 Å². The number of methoxy groups -OCH3 is 1. The maximum Gasteiger partial charge on any atom is 0.233 e. The summed E-state index contributed by atoms with van der Waals surface area (Å²) in [6.07, 6.45) is 8.14. The third kappa shape index (κ3) is 4.57. The molecule has 8 heteroatoms. The Kier molecular flexibility index (Phi) is 6.93. The molecule has 2 aromatic rings. The standard InChI is InChI=1S/C34H31NO7/c1-18-15-28(38)30-23(9-5-20-6-12-27(37)29(16-20)42-2)22-10-11-24-31(25(22)17-26(30)32(18)39)34(41)35(33(24)40)14-13-19-3-7-21(36)8-4-19/h3-10,12,15-16,23-25,31,36-37H,11,13-14,17H2,1-2H3/t23-,24-,25+,31-/m0/s1. The molecule has 1 saturated heterocycles. The molecule has 3 aliphatic carbocycles. The lowest BCUT2D eigenvalue weighted by atomic mass is 9.60. The van der Waals surface area contributed by atoms with Gasteiger partial charge in [0.1, 0.15) is 5.75 Å². The Morgan fingerprint density at radius 1 is 1.00 bits per heavy atom. The van der Waals surface area contributed by atoms with Crippen LogP contribution in [0.25, 0.3) is 6.08 Å². The maximum absolute atomic E-state index is 13.8. The van der Waals surface area contributed by atoms with Crippen molar-refractivity contribution >= 4 is 29.5 Å². The van der Waals surface area contributed by atoms with Gasteiger partial charge in [0.25, 0.3) is 0 Å². The highest BCUT2D eigenvalue weighted by Crippen LogP contribution is 2.52. The number of allylic oxidation sites excluding steroid dienone is 7. The van der Waals surface area contributed by atoms with Crippen LogP contribution in [0.2, 0.25) is 0 Å². The fourth-order valence-electron chi connectivity index (χ4n) is 6.85. The number of nitrogens with zero attached hydrogens (tertiary/aromatic N) is 1. The van der Waals surface area contributed by atoms with Crippen LogP contribution in [0.4, 0.5) is 0 Å². The van der Waals surface area contributed by atoms with Crippen molar-refractivity contribution in [1.29, 1.82) is 0 Å². The van der Waals surface area contributed by atoms with Crippen LogP contribution in [0, 0.1) is 23.7 Å². The van der Waals surface area contributed by atoms with Gasteiger partial charge in [-0.3, -0.25) is 24.1 Å². The first-order valence-electron chi connectivity index (χ1n) is 14.1. The summed E-state index contributed by atoms with van der Waals surface area (Å²) in [5, 5.41) is 19.6. The summed E-state index contributed by atoms with van der Waals surface area (Å²) in [6, 6.07) is 11.6.